The molecule has 0 aliphatic rings. The van der Waals surface area contributed by atoms with Gasteiger partial charge in [0, 0.05) is 42.7 Å². The van der Waals surface area contributed by atoms with Crippen LogP contribution in [0.2, 0.25) is 0 Å². The van der Waals surface area contributed by atoms with Gasteiger partial charge in [-0.3, -0.25) is 25.2 Å². The third kappa shape index (κ3) is 4.33. The molecule has 138 valence electrons. The Kier molecular flexibility index (Phi) is 5.51. The molecule has 0 aliphatic heterocycles. The highest BCUT2D eigenvalue weighted by Gasteiger charge is 2.14. The van der Waals surface area contributed by atoms with Gasteiger partial charge in [-0.2, -0.15) is 0 Å². The molecule has 0 atom stereocenters. The minimum absolute atomic E-state index is 0.0500. The van der Waals surface area contributed by atoms with Crippen LogP contribution in [-0.2, 0) is 11.8 Å². The highest BCUT2D eigenvalue weighted by molar-refractivity contribution is 6.07. The molecule has 3 rings (SSSR count). The van der Waals surface area contributed by atoms with Gasteiger partial charge in [0.05, 0.1) is 5.56 Å². The molecule has 0 fully saturated rings. The van der Waals surface area contributed by atoms with Gasteiger partial charge in [-0.15, -0.1) is 0 Å². The van der Waals surface area contributed by atoms with Crippen molar-refractivity contribution < 1.29 is 14.4 Å². The molecule has 0 saturated heterocycles. The maximum Gasteiger partial charge on any atom is 0.271 e. The summed E-state index contributed by atoms with van der Waals surface area (Å²) in [5, 5.41) is 3.47. The zero-order valence-electron chi connectivity index (χ0n) is 14.9. The van der Waals surface area contributed by atoms with Crippen LogP contribution >= 0.6 is 0 Å². The van der Waals surface area contributed by atoms with E-state index in [0.29, 0.717) is 11.1 Å². The fourth-order valence-electron chi connectivity index (χ4n) is 2.76. The summed E-state index contributed by atoms with van der Waals surface area (Å²) in [5.74, 6) is -1.03. The number of nitrogens with one attached hydrogen (secondary N) is 3. The van der Waals surface area contributed by atoms with E-state index in [-0.39, 0.29) is 18.9 Å². The minimum atomic E-state index is -0.395. The average Bonchev–Trinajstić information content (AvgIpc) is 3.04. The first-order valence-electron chi connectivity index (χ1n) is 8.53. The third-order valence-corrected chi connectivity index (χ3v) is 4.13. The summed E-state index contributed by atoms with van der Waals surface area (Å²) in [6.07, 6.45) is 1.76. The molecule has 0 unspecified atom stereocenters. The Morgan fingerprint density at radius 3 is 2.37 bits per heavy atom. The number of aromatic nitrogens is 1. The molecule has 2 aromatic carbocycles. The van der Waals surface area contributed by atoms with Gasteiger partial charge < -0.3 is 9.88 Å². The smallest absolute Gasteiger partial charge is 0.271 e. The van der Waals surface area contributed by atoms with E-state index in [4.69, 9.17) is 0 Å². The number of carbonyl (C=O) groups is 3. The quantitative estimate of drug-likeness (QED) is 0.603. The van der Waals surface area contributed by atoms with Gasteiger partial charge in [0.25, 0.3) is 11.8 Å². The molecule has 3 N–H and O–H groups in total. The Bertz CT molecular complexity index is 979. The van der Waals surface area contributed by atoms with Gasteiger partial charge in [0.2, 0.25) is 5.91 Å². The Morgan fingerprint density at radius 1 is 0.889 bits per heavy atom. The Morgan fingerprint density at radius 2 is 1.59 bits per heavy atom. The first-order chi connectivity index (χ1) is 13.1. The van der Waals surface area contributed by atoms with Crippen LogP contribution in [0.15, 0.2) is 60.8 Å². The molecule has 27 heavy (non-hydrogen) atoms. The van der Waals surface area contributed by atoms with Crippen LogP contribution in [0, 0.1) is 0 Å². The molecule has 3 amide bonds. The molecular formula is C20H20N4O3. The Hall–Kier alpha value is -3.61. The average molecular weight is 364 g/mol. The first-order valence-corrected chi connectivity index (χ1v) is 8.53. The molecule has 1 aromatic heterocycles. The number of aryl methyl sites for hydroxylation is 1. The summed E-state index contributed by atoms with van der Waals surface area (Å²) in [6.45, 7) is 0.170. The lowest BCUT2D eigenvalue weighted by atomic mass is 10.2. The van der Waals surface area contributed by atoms with E-state index in [1.165, 1.54) is 0 Å². The minimum Gasteiger partial charge on any atom is -0.352 e. The second-order valence-corrected chi connectivity index (χ2v) is 6.05. The van der Waals surface area contributed by atoms with Crippen LogP contribution in [0.3, 0.4) is 0 Å². The number of para-hydroxylation sites is 1. The van der Waals surface area contributed by atoms with E-state index in [9.17, 15) is 14.4 Å². The second kappa shape index (κ2) is 8.18. The van der Waals surface area contributed by atoms with Crippen molar-refractivity contribution in [2.75, 3.05) is 6.54 Å². The van der Waals surface area contributed by atoms with Crippen molar-refractivity contribution in [1.29, 1.82) is 0 Å². The maximum absolute atomic E-state index is 12.3. The molecule has 0 aliphatic carbocycles. The largest absolute Gasteiger partial charge is 0.352 e. The van der Waals surface area contributed by atoms with E-state index in [1.807, 2.05) is 41.9 Å². The number of fused-ring (bicyclic) bond motifs is 1. The van der Waals surface area contributed by atoms with Gasteiger partial charge >= 0.3 is 0 Å². The molecular weight excluding hydrogens is 344 g/mol. The van der Waals surface area contributed by atoms with Crippen molar-refractivity contribution in [3.05, 3.63) is 71.9 Å². The van der Waals surface area contributed by atoms with Gasteiger partial charge in [0.15, 0.2) is 0 Å². The summed E-state index contributed by atoms with van der Waals surface area (Å²) < 4.78 is 1.85. The van der Waals surface area contributed by atoms with Gasteiger partial charge in [-0.25, -0.2) is 0 Å². The summed E-state index contributed by atoms with van der Waals surface area (Å²) >= 11 is 0. The topological polar surface area (TPSA) is 92.2 Å². The van der Waals surface area contributed by atoms with Gasteiger partial charge in [-0.05, 0) is 18.2 Å². The molecule has 0 saturated carbocycles. The summed E-state index contributed by atoms with van der Waals surface area (Å²) in [6, 6.07) is 16.3. The van der Waals surface area contributed by atoms with E-state index >= 15 is 0 Å². The lowest BCUT2D eigenvalue weighted by Gasteiger charge is -2.08. The van der Waals surface area contributed by atoms with Crippen LogP contribution < -0.4 is 16.2 Å². The van der Waals surface area contributed by atoms with Crippen molar-refractivity contribution in [3.8, 4) is 0 Å². The SMILES string of the molecule is Cn1cc(C(=O)NNC(=O)CCNC(=O)c2ccccc2)c2ccccc21. The van der Waals surface area contributed by atoms with Crippen LogP contribution in [0.4, 0.5) is 0 Å². The zero-order valence-corrected chi connectivity index (χ0v) is 14.9. The Balaban J connectivity index is 1.47. The molecule has 1 heterocycles. The highest BCUT2D eigenvalue weighted by atomic mass is 16.2. The number of amides is 3. The predicted octanol–water partition coefficient (Wildman–Crippen LogP) is 1.76. The summed E-state index contributed by atoms with van der Waals surface area (Å²) in [5.41, 5.74) is 6.71. The number of carbonyl (C=O) groups excluding carboxylic acids is 3. The van der Waals surface area contributed by atoms with Crippen molar-refractivity contribution in [3.63, 3.8) is 0 Å². The molecule has 3 aromatic rings. The predicted molar refractivity (Wildman–Crippen MR) is 102 cm³/mol. The van der Waals surface area contributed by atoms with Crippen LogP contribution in [0.1, 0.15) is 27.1 Å². The number of hydrazine groups is 1. The summed E-state index contributed by atoms with van der Waals surface area (Å²) in [7, 11) is 1.85. The maximum atomic E-state index is 12.3. The molecule has 7 nitrogen and oxygen atoms in total. The first kappa shape index (κ1) is 18.2. The normalized spacial score (nSPS) is 10.4. The molecule has 7 heteroatoms. The fraction of sp³-hybridized carbons (Fsp3) is 0.150. The number of nitrogens with zero attached hydrogens (tertiary/aromatic N) is 1. The zero-order chi connectivity index (χ0) is 19.2. The summed E-state index contributed by atoms with van der Waals surface area (Å²) in [4.78, 5) is 36.1. The monoisotopic (exact) mass is 364 g/mol. The molecule has 0 bridgehead atoms. The van der Waals surface area contributed by atoms with E-state index < -0.39 is 11.8 Å². The van der Waals surface area contributed by atoms with Crippen molar-refractivity contribution >= 4 is 28.6 Å². The van der Waals surface area contributed by atoms with Crippen LogP contribution in [0.25, 0.3) is 10.9 Å². The van der Waals surface area contributed by atoms with Gasteiger partial charge in [-0.1, -0.05) is 36.4 Å². The van der Waals surface area contributed by atoms with Crippen LogP contribution in [0.5, 0.6) is 0 Å². The number of benzene rings is 2. The van der Waals surface area contributed by atoms with E-state index in [2.05, 4.69) is 16.2 Å². The van der Waals surface area contributed by atoms with Crippen molar-refractivity contribution in [1.82, 2.24) is 20.7 Å². The highest BCUT2D eigenvalue weighted by Crippen LogP contribution is 2.19. The second-order valence-electron chi connectivity index (χ2n) is 6.05. The van der Waals surface area contributed by atoms with Crippen LogP contribution in [-0.4, -0.2) is 28.8 Å². The van der Waals surface area contributed by atoms with Gasteiger partial charge in [0.1, 0.15) is 0 Å². The number of rotatable bonds is 5. The third-order valence-electron chi connectivity index (χ3n) is 4.13. The fourth-order valence-corrected chi connectivity index (χ4v) is 2.76. The van der Waals surface area contributed by atoms with Crippen molar-refractivity contribution in [2.45, 2.75) is 6.42 Å². The van der Waals surface area contributed by atoms with E-state index in [0.717, 1.165) is 10.9 Å². The lowest BCUT2D eigenvalue weighted by Crippen LogP contribution is -2.42. The van der Waals surface area contributed by atoms with Crippen molar-refractivity contribution in [2.24, 2.45) is 7.05 Å². The number of hydrogen-bond acceptors (Lipinski definition) is 3. The number of hydrogen-bond donors (Lipinski definition) is 3. The standard InChI is InChI=1S/C20H20N4O3/c1-24-13-16(15-9-5-6-10-17(15)24)20(27)23-22-18(25)11-12-21-19(26)14-7-3-2-4-8-14/h2-10,13H,11-12H2,1H3,(H,21,26)(H,22,25)(H,23,27). The molecule has 0 radical (unpaired) electrons. The molecule has 0 spiro atoms. The Labute approximate surface area is 156 Å². The lowest BCUT2D eigenvalue weighted by molar-refractivity contribution is -0.121. The van der Waals surface area contributed by atoms with E-state index in [1.54, 1.807) is 30.5 Å².